The summed E-state index contributed by atoms with van der Waals surface area (Å²) in [6.45, 7) is 5.49. The number of hydrogen-bond acceptors (Lipinski definition) is 4. The first kappa shape index (κ1) is 21.4. The molecule has 0 aliphatic carbocycles. The van der Waals surface area contributed by atoms with Crippen LogP contribution in [-0.2, 0) is 4.79 Å². The fourth-order valence-corrected chi connectivity index (χ4v) is 4.65. The van der Waals surface area contributed by atoms with Crippen LogP contribution in [0.25, 0.3) is 0 Å². The van der Waals surface area contributed by atoms with Crippen LogP contribution in [0.1, 0.15) is 30.6 Å². The molecule has 8 heteroatoms. The molecule has 2 fully saturated rings. The molecule has 0 radical (unpaired) electrons. The van der Waals surface area contributed by atoms with Crippen molar-refractivity contribution >= 4 is 47.6 Å². The van der Waals surface area contributed by atoms with Gasteiger partial charge in [0.1, 0.15) is 6.04 Å². The van der Waals surface area contributed by atoms with Gasteiger partial charge in [0.15, 0.2) is 0 Å². The zero-order chi connectivity index (χ0) is 18.2. The number of likely N-dealkylation sites (tertiary alicyclic amines) is 1. The average molecular weight is 418 g/mol. The lowest BCUT2D eigenvalue weighted by atomic mass is 9.79. The van der Waals surface area contributed by atoms with E-state index < -0.39 is 6.04 Å². The molecule has 2 atom stereocenters. The second kappa shape index (κ2) is 8.38. The number of halogens is 2. The van der Waals surface area contributed by atoms with Crippen LogP contribution in [0.4, 0.5) is 0 Å². The highest BCUT2D eigenvalue weighted by molar-refractivity contribution is 7.99. The fraction of sp³-hybridized carbons (Fsp3) is 0.556. The smallest absolute Gasteiger partial charge is 0.255 e. The van der Waals surface area contributed by atoms with Gasteiger partial charge in [-0.05, 0) is 36.1 Å². The van der Waals surface area contributed by atoms with Gasteiger partial charge >= 0.3 is 0 Å². The van der Waals surface area contributed by atoms with Gasteiger partial charge in [-0.15, -0.1) is 24.2 Å². The van der Waals surface area contributed by atoms with Crippen molar-refractivity contribution in [3.8, 4) is 0 Å². The van der Waals surface area contributed by atoms with Crippen molar-refractivity contribution < 1.29 is 9.59 Å². The third kappa shape index (κ3) is 4.30. The lowest BCUT2D eigenvalue weighted by Crippen LogP contribution is -2.58. The Bertz CT molecular complexity index is 669. The SMILES string of the molecule is CC1(C)CN(C(=O)C2CSCN2C(=O)c2ccc(Cl)cc2)CCC1N.Cl. The van der Waals surface area contributed by atoms with Crippen LogP contribution < -0.4 is 5.73 Å². The number of nitrogens with zero attached hydrogens (tertiary/aromatic N) is 2. The summed E-state index contributed by atoms with van der Waals surface area (Å²) >= 11 is 7.51. The molecule has 2 N–H and O–H groups in total. The number of nitrogens with two attached hydrogens (primary N) is 1. The molecule has 0 bridgehead atoms. The van der Waals surface area contributed by atoms with E-state index in [2.05, 4.69) is 13.8 Å². The van der Waals surface area contributed by atoms with Gasteiger partial charge in [-0.2, -0.15) is 0 Å². The Labute approximate surface area is 170 Å². The highest BCUT2D eigenvalue weighted by Crippen LogP contribution is 2.31. The molecular weight excluding hydrogens is 393 g/mol. The summed E-state index contributed by atoms with van der Waals surface area (Å²) in [6.07, 6.45) is 0.795. The van der Waals surface area contributed by atoms with Gasteiger partial charge in [-0.25, -0.2) is 0 Å². The normalized spacial score (nSPS) is 24.9. The van der Waals surface area contributed by atoms with Gasteiger partial charge < -0.3 is 15.5 Å². The lowest BCUT2D eigenvalue weighted by molar-refractivity contribution is -0.138. The third-order valence-corrected chi connectivity index (χ3v) is 6.41. The van der Waals surface area contributed by atoms with E-state index in [0.29, 0.717) is 35.3 Å². The minimum absolute atomic E-state index is 0. The first-order valence-electron chi connectivity index (χ1n) is 8.48. The van der Waals surface area contributed by atoms with Gasteiger partial charge in [-0.1, -0.05) is 25.4 Å². The highest BCUT2D eigenvalue weighted by Gasteiger charge is 2.41. The van der Waals surface area contributed by atoms with E-state index in [1.54, 1.807) is 40.9 Å². The average Bonchev–Trinajstić information content (AvgIpc) is 3.06. The van der Waals surface area contributed by atoms with Gasteiger partial charge in [0.05, 0.1) is 5.88 Å². The Hall–Kier alpha value is -0.950. The van der Waals surface area contributed by atoms with Crippen molar-refractivity contribution in [3.63, 3.8) is 0 Å². The first-order chi connectivity index (χ1) is 11.8. The molecule has 2 unspecified atom stereocenters. The summed E-state index contributed by atoms with van der Waals surface area (Å²) in [5.41, 5.74) is 6.63. The van der Waals surface area contributed by atoms with Crippen LogP contribution in [0.2, 0.25) is 5.02 Å². The van der Waals surface area contributed by atoms with Crippen molar-refractivity contribution in [3.05, 3.63) is 34.9 Å². The maximum Gasteiger partial charge on any atom is 0.255 e. The standard InChI is InChI=1S/C18H24ClN3O2S.ClH/c1-18(2)10-21(8-7-15(18)20)17(24)14-9-25-11-22(14)16(23)12-3-5-13(19)6-4-12;/h3-6,14-15H,7-11,20H2,1-2H3;1H. The van der Waals surface area contributed by atoms with E-state index in [1.807, 2.05) is 4.90 Å². The Morgan fingerprint density at radius 2 is 1.92 bits per heavy atom. The molecule has 1 aromatic carbocycles. The molecule has 0 spiro atoms. The van der Waals surface area contributed by atoms with Gasteiger partial charge in [0.2, 0.25) is 5.91 Å². The number of rotatable bonds is 2. The van der Waals surface area contributed by atoms with Crippen LogP contribution in [0.5, 0.6) is 0 Å². The first-order valence-corrected chi connectivity index (χ1v) is 10.0. The van der Waals surface area contributed by atoms with E-state index in [0.717, 1.165) is 6.42 Å². The fourth-order valence-electron chi connectivity index (χ4n) is 3.38. The molecule has 0 saturated carbocycles. The summed E-state index contributed by atoms with van der Waals surface area (Å²) in [6, 6.07) is 6.50. The largest absolute Gasteiger partial charge is 0.340 e. The monoisotopic (exact) mass is 417 g/mol. The lowest BCUT2D eigenvalue weighted by Gasteiger charge is -2.43. The van der Waals surface area contributed by atoms with Crippen molar-refractivity contribution in [1.29, 1.82) is 0 Å². The summed E-state index contributed by atoms with van der Waals surface area (Å²) in [4.78, 5) is 29.4. The highest BCUT2D eigenvalue weighted by atomic mass is 35.5. The summed E-state index contributed by atoms with van der Waals surface area (Å²) in [5.74, 6) is 1.09. The Morgan fingerprint density at radius 3 is 2.54 bits per heavy atom. The number of amides is 2. The summed E-state index contributed by atoms with van der Waals surface area (Å²) in [5, 5.41) is 0.590. The second-order valence-corrected chi connectivity index (χ2v) is 8.88. The van der Waals surface area contributed by atoms with Crippen LogP contribution in [0.3, 0.4) is 0 Å². The van der Waals surface area contributed by atoms with E-state index in [4.69, 9.17) is 17.3 Å². The van der Waals surface area contributed by atoms with Crippen LogP contribution in [-0.4, -0.2) is 58.4 Å². The number of piperidine rings is 1. The van der Waals surface area contributed by atoms with E-state index in [-0.39, 0.29) is 35.7 Å². The number of carbonyl (C=O) groups is 2. The van der Waals surface area contributed by atoms with E-state index >= 15 is 0 Å². The number of carbonyl (C=O) groups excluding carboxylic acids is 2. The quantitative estimate of drug-likeness (QED) is 0.802. The molecule has 2 aliphatic heterocycles. The molecule has 5 nitrogen and oxygen atoms in total. The van der Waals surface area contributed by atoms with Crippen LogP contribution >= 0.6 is 35.8 Å². The Balaban J connectivity index is 0.00000243. The van der Waals surface area contributed by atoms with E-state index in [1.165, 1.54) is 0 Å². The Morgan fingerprint density at radius 1 is 1.27 bits per heavy atom. The predicted molar refractivity (Wildman–Crippen MR) is 109 cm³/mol. The number of thioether (sulfide) groups is 1. The number of hydrogen-bond donors (Lipinski definition) is 1. The minimum Gasteiger partial charge on any atom is -0.340 e. The zero-order valence-electron chi connectivity index (χ0n) is 15.0. The molecule has 2 heterocycles. The third-order valence-electron chi connectivity index (χ3n) is 5.14. The van der Waals surface area contributed by atoms with Gasteiger partial charge in [-0.3, -0.25) is 9.59 Å². The van der Waals surface area contributed by atoms with Gasteiger partial charge in [0, 0.05) is 35.5 Å². The van der Waals surface area contributed by atoms with Crippen LogP contribution in [0.15, 0.2) is 24.3 Å². The maximum atomic E-state index is 13.1. The van der Waals surface area contributed by atoms with Gasteiger partial charge in [0.25, 0.3) is 5.91 Å². The molecular formula is C18H25Cl2N3O2S. The van der Waals surface area contributed by atoms with Crippen molar-refractivity contribution in [2.75, 3.05) is 24.7 Å². The molecule has 2 saturated heterocycles. The Kier molecular flexibility index (Phi) is 6.88. The summed E-state index contributed by atoms with van der Waals surface area (Å²) in [7, 11) is 0. The molecule has 1 aromatic rings. The zero-order valence-corrected chi connectivity index (χ0v) is 17.4. The van der Waals surface area contributed by atoms with E-state index in [9.17, 15) is 9.59 Å². The molecule has 144 valence electrons. The van der Waals surface area contributed by atoms with Crippen molar-refractivity contribution in [2.45, 2.75) is 32.4 Å². The molecule has 26 heavy (non-hydrogen) atoms. The van der Waals surface area contributed by atoms with Crippen molar-refractivity contribution in [1.82, 2.24) is 9.80 Å². The van der Waals surface area contributed by atoms with Crippen molar-refractivity contribution in [2.24, 2.45) is 11.1 Å². The summed E-state index contributed by atoms with van der Waals surface area (Å²) < 4.78 is 0. The predicted octanol–water partition coefficient (Wildman–Crippen LogP) is 2.86. The second-order valence-electron chi connectivity index (χ2n) is 7.44. The minimum atomic E-state index is -0.404. The number of benzene rings is 1. The van der Waals surface area contributed by atoms with Crippen LogP contribution in [0, 0.1) is 5.41 Å². The topological polar surface area (TPSA) is 66.6 Å². The molecule has 2 amide bonds. The molecule has 0 aromatic heterocycles. The maximum absolute atomic E-state index is 13.1. The molecule has 3 rings (SSSR count). The molecule has 2 aliphatic rings.